The predicted molar refractivity (Wildman–Crippen MR) is 74.8 cm³/mol. The van der Waals surface area contributed by atoms with E-state index < -0.39 is 0 Å². The molecule has 0 spiro atoms. The van der Waals surface area contributed by atoms with Gasteiger partial charge in [-0.1, -0.05) is 24.3 Å². The van der Waals surface area contributed by atoms with Crippen molar-refractivity contribution in [2.24, 2.45) is 0 Å². The summed E-state index contributed by atoms with van der Waals surface area (Å²) in [6, 6.07) is 15.0. The maximum Gasteiger partial charge on any atom is 0.146 e. The average Bonchev–Trinajstić information content (AvgIpc) is 2.46. The van der Waals surface area contributed by atoms with E-state index >= 15 is 0 Å². The minimum atomic E-state index is 0.423. The van der Waals surface area contributed by atoms with Gasteiger partial charge in [-0.05, 0) is 24.3 Å². The first-order valence-corrected chi connectivity index (χ1v) is 6.04. The highest BCUT2D eigenvalue weighted by molar-refractivity contribution is 5.62. The molecule has 2 rings (SSSR count). The largest absolute Gasteiger partial charge is 0.494 e. The van der Waals surface area contributed by atoms with Crippen LogP contribution in [0.25, 0.3) is 0 Å². The molecule has 0 amide bonds. The lowest BCUT2D eigenvalue weighted by Gasteiger charge is -2.12. The fourth-order valence-electron chi connectivity index (χ4n) is 1.66. The predicted octanol–water partition coefficient (Wildman–Crippen LogP) is 2.74. The van der Waals surface area contributed by atoms with Crippen molar-refractivity contribution in [2.75, 3.05) is 26.1 Å². The summed E-state index contributed by atoms with van der Waals surface area (Å²) in [5, 5.41) is 0. The molecule has 0 saturated carbocycles. The molecule has 0 aliphatic carbocycles. The van der Waals surface area contributed by atoms with Gasteiger partial charge in [0.15, 0.2) is 0 Å². The van der Waals surface area contributed by atoms with E-state index in [0.717, 1.165) is 5.75 Å². The Morgan fingerprint density at radius 2 is 1.53 bits per heavy atom. The van der Waals surface area contributed by atoms with E-state index in [1.807, 2.05) is 36.4 Å². The fraction of sp³-hybridized carbons (Fsp3) is 0.200. The molecule has 2 N–H and O–H groups in total. The lowest BCUT2D eigenvalue weighted by atomic mass is 10.3. The Hall–Kier alpha value is -2.36. The third-order valence-electron chi connectivity index (χ3n) is 2.60. The summed E-state index contributed by atoms with van der Waals surface area (Å²) in [6.45, 7) is 0.882. The smallest absolute Gasteiger partial charge is 0.146 e. The minimum absolute atomic E-state index is 0.423. The number of rotatable bonds is 6. The Morgan fingerprint density at radius 1 is 0.842 bits per heavy atom. The molecule has 0 bridgehead atoms. The molecule has 0 heterocycles. The monoisotopic (exact) mass is 259 g/mol. The van der Waals surface area contributed by atoms with Gasteiger partial charge in [-0.15, -0.1) is 0 Å². The zero-order valence-corrected chi connectivity index (χ0v) is 10.8. The molecule has 4 heteroatoms. The first-order chi connectivity index (χ1) is 9.31. The van der Waals surface area contributed by atoms with Gasteiger partial charge in [0.1, 0.15) is 36.1 Å². The maximum atomic E-state index is 5.90. The van der Waals surface area contributed by atoms with Gasteiger partial charge >= 0.3 is 0 Å². The van der Waals surface area contributed by atoms with Crippen LogP contribution in [-0.4, -0.2) is 20.3 Å². The third kappa shape index (κ3) is 3.55. The number of hydrogen-bond donors (Lipinski definition) is 1. The Bertz CT molecular complexity index is 514. The molecule has 19 heavy (non-hydrogen) atoms. The summed E-state index contributed by atoms with van der Waals surface area (Å²) >= 11 is 0. The second-order valence-corrected chi connectivity index (χ2v) is 3.88. The van der Waals surface area contributed by atoms with E-state index in [1.54, 1.807) is 19.2 Å². The summed E-state index contributed by atoms with van der Waals surface area (Å²) in [6.07, 6.45) is 0. The number of benzene rings is 2. The molecular formula is C15H17NO3. The number of hydrogen-bond acceptors (Lipinski definition) is 4. The Kier molecular flexibility index (Phi) is 4.50. The molecular weight excluding hydrogens is 242 g/mol. The van der Waals surface area contributed by atoms with E-state index in [1.165, 1.54) is 0 Å². The van der Waals surface area contributed by atoms with Crippen molar-refractivity contribution in [2.45, 2.75) is 0 Å². The van der Waals surface area contributed by atoms with Crippen LogP contribution >= 0.6 is 0 Å². The van der Waals surface area contributed by atoms with Crippen LogP contribution in [0, 0.1) is 0 Å². The van der Waals surface area contributed by atoms with Crippen LogP contribution in [0.3, 0.4) is 0 Å². The zero-order valence-electron chi connectivity index (χ0n) is 10.8. The van der Waals surface area contributed by atoms with Crippen molar-refractivity contribution in [3.05, 3.63) is 48.5 Å². The quantitative estimate of drug-likeness (QED) is 0.640. The van der Waals surface area contributed by atoms with Gasteiger partial charge in [-0.2, -0.15) is 0 Å². The Morgan fingerprint density at radius 3 is 2.26 bits per heavy atom. The van der Waals surface area contributed by atoms with E-state index in [-0.39, 0.29) is 0 Å². The third-order valence-corrected chi connectivity index (χ3v) is 2.60. The molecule has 2 aromatic carbocycles. The first-order valence-electron chi connectivity index (χ1n) is 6.04. The van der Waals surface area contributed by atoms with E-state index in [2.05, 4.69) is 0 Å². The van der Waals surface area contributed by atoms with Crippen molar-refractivity contribution in [3.8, 4) is 17.2 Å². The average molecular weight is 259 g/mol. The van der Waals surface area contributed by atoms with Crippen LogP contribution in [0.4, 0.5) is 5.69 Å². The van der Waals surface area contributed by atoms with Gasteiger partial charge in [-0.3, -0.25) is 0 Å². The molecule has 0 aromatic heterocycles. The van der Waals surface area contributed by atoms with Crippen molar-refractivity contribution >= 4 is 5.69 Å². The van der Waals surface area contributed by atoms with Crippen LogP contribution in [-0.2, 0) is 0 Å². The summed E-state index contributed by atoms with van der Waals surface area (Å²) in [7, 11) is 1.58. The Labute approximate surface area is 112 Å². The lowest BCUT2D eigenvalue weighted by molar-refractivity contribution is 0.217. The molecule has 0 aliphatic heterocycles. The zero-order chi connectivity index (χ0) is 13.5. The van der Waals surface area contributed by atoms with E-state index in [0.29, 0.717) is 30.4 Å². The van der Waals surface area contributed by atoms with Gasteiger partial charge in [0, 0.05) is 0 Å². The highest BCUT2D eigenvalue weighted by Gasteiger charge is 2.05. The van der Waals surface area contributed by atoms with Crippen LogP contribution in [0.1, 0.15) is 0 Å². The highest BCUT2D eigenvalue weighted by atomic mass is 16.5. The molecule has 100 valence electrons. The number of nitrogens with two attached hydrogens (primary N) is 1. The number of anilines is 1. The summed E-state index contributed by atoms with van der Waals surface area (Å²) in [4.78, 5) is 0. The van der Waals surface area contributed by atoms with E-state index in [9.17, 15) is 0 Å². The summed E-state index contributed by atoms with van der Waals surface area (Å²) in [5.41, 5.74) is 6.40. The molecule has 0 aliphatic rings. The van der Waals surface area contributed by atoms with Gasteiger partial charge < -0.3 is 19.9 Å². The highest BCUT2D eigenvalue weighted by Crippen LogP contribution is 2.30. The molecule has 0 atom stereocenters. The van der Waals surface area contributed by atoms with Gasteiger partial charge in [-0.25, -0.2) is 0 Å². The number of para-hydroxylation sites is 2. The van der Waals surface area contributed by atoms with Crippen molar-refractivity contribution in [3.63, 3.8) is 0 Å². The molecule has 0 fully saturated rings. The number of ether oxygens (including phenoxy) is 3. The normalized spacial score (nSPS) is 9.95. The molecule has 0 unspecified atom stereocenters. The molecule has 0 saturated heterocycles. The van der Waals surface area contributed by atoms with Gasteiger partial charge in [0.05, 0.1) is 7.11 Å². The van der Waals surface area contributed by atoms with Crippen molar-refractivity contribution in [1.82, 2.24) is 0 Å². The standard InChI is InChI=1S/C15H17NO3/c1-17-13-8-5-9-14(15(13)16)19-11-10-18-12-6-3-2-4-7-12/h2-9H,10-11,16H2,1H3. The van der Waals surface area contributed by atoms with Gasteiger partial charge in [0.2, 0.25) is 0 Å². The second-order valence-electron chi connectivity index (χ2n) is 3.88. The molecule has 4 nitrogen and oxygen atoms in total. The van der Waals surface area contributed by atoms with Crippen LogP contribution < -0.4 is 19.9 Å². The lowest BCUT2D eigenvalue weighted by Crippen LogP contribution is -2.10. The molecule has 2 aromatic rings. The van der Waals surface area contributed by atoms with Crippen LogP contribution in [0.15, 0.2) is 48.5 Å². The second kappa shape index (κ2) is 6.54. The van der Waals surface area contributed by atoms with Crippen LogP contribution in [0.5, 0.6) is 17.2 Å². The fourth-order valence-corrected chi connectivity index (χ4v) is 1.66. The van der Waals surface area contributed by atoms with Crippen LogP contribution in [0.2, 0.25) is 0 Å². The summed E-state index contributed by atoms with van der Waals surface area (Å²) < 4.78 is 16.2. The maximum absolute atomic E-state index is 5.90. The van der Waals surface area contributed by atoms with Crippen molar-refractivity contribution < 1.29 is 14.2 Å². The van der Waals surface area contributed by atoms with Crippen molar-refractivity contribution in [1.29, 1.82) is 0 Å². The summed E-state index contributed by atoms with van der Waals surface area (Å²) in [5.74, 6) is 2.04. The first kappa shape index (κ1) is 13.1. The number of methoxy groups -OCH3 is 1. The minimum Gasteiger partial charge on any atom is -0.494 e. The van der Waals surface area contributed by atoms with E-state index in [4.69, 9.17) is 19.9 Å². The van der Waals surface area contributed by atoms with Gasteiger partial charge in [0.25, 0.3) is 0 Å². The SMILES string of the molecule is COc1cccc(OCCOc2ccccc2)c1N. The number of nitrogen functional groups attached to an aromatic ring is 1. The molecule has 0 radical (unpaired) electrons. The topological polar surface area (TPSA) is 53.7 Å². The Balaban J connectivity index is 1.83.